The number of aromatic nitrogens is 1. The summed E-state index contributed by atoms with van der Waals surface area (Å²) in [5.41, 5.74) is 3.54. The van der Waals surface area contributed by atoms with Gasteiger partial charge in [-0.1, -0.05) is 67.4 Å². The van der Waals surface area contributed by atoms with E-state index in [-0.39, 0.29) is 24.3 Å². The predicted octanol–water partition coefficient (Wildman–Crippen LogP) is 6.85. The van der Waals surface area contributed by atoms with Crippen molar-refractivity contribution in [2.75, 3.05) is 26.7 Å². The van der Waals surface area contributed by atoms with Crippen LogP contribution in [0.1, 0.15) is 35.3 Å². The second-order valence-corrected chi connectivity index (χ2v) is 10.8. The van der Waals surface area contributed by atoms with Gasteiger partial charge in [0.05, 0.1) is 17.2 Å². The van der Waals surface area contributed by atoms with Crippen LogP contribution in [-0.2, 0) is 17.8 Å². The number of aromatic amines is 1. The van der Waals surface area contributed by atoms with E-state index in [1.807, 2.05) is 44.3 Å². The molecule has 4 aromatic rings. The Morgan fingerprint density at radius 3 is 2.49 bits per heavy atom. The van der Waals surface area contributed by atoms with Crippen molar-refractivity contribution in [3.05, 3.63) is 99.7 Å². The molecule has 0 radical (unpaired) electrons. The summed E-state index contributed by atoms with van der Waals surface area (Å²) in [5.74, 6) is 0.429. The number of amides is 2. The quantitative estimate of drug-likeness (QED) is 0.216. The number of nitrogens with zero attached hydrogens (tertiary/aromatic N) is 2. The van der Waals surface area contributed by atoms with E-state index < -0.39 is 0 Å². The zero-order valence-corrected chi connectivity index (χ0v) is 23.9. The number of hydrogen-bond acceptors (Lipinski definition) is 3. The minimum Gasteiger partial charge on any atom is -0.497 e. The van der Waals surface area contributed by atoms with Gasteiger partial charge in [0.15, 0.2) is 0 Å². The van der Waals surface area contributed by atoms with Crippen molar-refractivity contribution in [3.63, 3.8) is 0 Å². The van der Waals surface area contributed by atoms with Crippen molar-refractivity contribution >= 4 is 45.9 Å². The smallest absolute Gasteiger partial charge is 0.254 e. The van der Waals surface area contributed by atoms with Gasteiger partial charge < -0.3 is 19.5 Å². The molecule has 0 bridgehead atoms. The van der Waals surface area contributed by atoms with Crippen LogP contribution in [0, 0.1) is 5.92 Å². The molecule has 0 atom stereocenters. The number of halogens is 2. The summed E-state index contributed by atoms with van der Waals surface area (Å²) in [7, 11) is 1.56. The van der Waals surface area contributed by atoms with Crippen LogP contribution in [0.15, 0.2) is 72.9 Å². The van der Waals surface area contributed by atoms with E-state index in [1.54, 1.807) is 53.3 Å². The molecule has 0 spiro atoms. The molecule has 0 saturated heterocycles. The number of carbonyl (C=O) groups excluding carboxylic acids is 2. The van der Waals surface area contributed by atoms with Crippen molar-refractivity contribution in [1.29, 1.82) is 0 Å². The lowest BCUT2D eigenvalue weighted by Crippen LogP contribution is -2.44. The van der Waals surface area contributed by atoms with Crippen LogP contribution in [0.25, 0.3) is 10.9 Å². The average Bonchev–Trinajstić information content (AvgIpc) is 3.35. The SMILES string of the molecule is COc1cccc(C(=O)N(CC(=O)N(CCc2c[nH]c3ccccc23)Cc2ccc(Cl)c(Cl)c2)CC(C)C)c1. The maximum absolute atomic E-state index is 13.8. The molecule has 0 saturated carbocycles. The second-order valence-electron chi connectivity index (χ2n) is 9.98. The Bertz CT molecular complexity index is 1450. The van der Waals surface area contributed by atoms with E-state index >= 15 is 0 Å². The van der Waals surface area contributed by atoms with Crippen molar-refractivity contribution in [2.24, 2.45) is 5.92 Å². The predicted molar refractivity (Wildman–Crippen MR) is 158 cm³/mol. The van der Waals surface area contributed by atoms with Crippen molar-refractivity contribution in [2.45, 2.75) is 26.8 Å². The fourth-order valence-corrected chi connectivity index (χ4v) is 4.93. The largest absolute Gasteiger partial charge is 0.497 e. The molecule has 1 heterocycles. The van der Waals surface area contributed by atoms with Crippen molar-refractivity contribution < 1.29 is 14.3 Å². The molecular formula is C31H33Cl2N3O3. The number of carbonyl (C=O) groups is 2. The highest BCUT2D eigenvalue weighted by Crippen LogP contribution is 2.24. The Kier molecular flexibility index (Phi) is 9.54. The number of H-pyrrole nitrogens is 1. The molecule has 204 valence electrons. The number of ether oxygens (including phenoxy) is 1. The summed E-state index contributed by atoms with van der Waals surface area (Å²) in [4.78, 5) is 34.0. The summed E-state index contributed by atoms with van der Waals surface area (Å²) in [5, 5.41) is 2.03. The number of rotatable bonds is 11. The topological polar surface area (TPSA) is 65.6 Å². The molecule has 0 aliphatic rings. The van der Waals surface area contributed by atoms with Gasteiger partial charge in [-0.25, -0.2) is 0 Å². The number of fused-ring (bicyclic) bond motifs is 1. The van der Waals surface area contributed by atoms with E-state index in [2.05, 4.69) is 11.1 Å². The van der Waals surface area contributed by atoms with E-state index in [4.69, 9.17) is 27.9 Å². The minimum absolute atomic E-state index is 0.0383. The molecule has 3 aromatic carbocycles. The third-order valence-corrected chi connectivity index (χ3v) is 7.29. The van der Waals surface area contributed by atoms with Crippen LogP contribution in [0.2, 0.25) is 10.0 Å². The molecule has 39 heavy (non-hydrogen) atoms. The van der Waals surface area contributed by atoms with Crippen LogP contribution < -0.4 is 4.74 Å². The van der Waals surface area contributed by atoms with E-state index in [1.165, 1.54) is 0 Å². The first kappa shape index (κ1) is 28.5. The Labute approximate surface area is 239 Å². The third kappa shape index (κ3) is 7.34. The minimum atomic E-state index is -0.206. The number of para-hydroxylation sites is 1. The van der Waals surface area contributed by atoms with E-state index in [9.17, 15) is 9.59 Å². The standard InChI is InChI=1S/C31H33Cl2N3O3/c1-21(2)18-36(31(38)23-7-6-8-25(16-23)39-3)20-30(37)35(19-22-11-12-27(32)28(33)15-22)14-13-24-17-34-29-10-5-4-9-26(24)29/h4-12,15-17,21,34H,13-14,18-20H2,1-3H3. The summed E-state index contributed by atoms with van der Waals surface area (Å²) in [6, 6.07) is 20.5. The Morgan fingerprint density at radius 2 is 1.74 bits per heavy atom. The first-order valence-electron chi connectivity index (χ1n) is 12.9. The van der Waals surface area contributed by atoms with Gasteiger partial charge in [0.1, 0.15) is 12.3 Å². The van der Waals surface area contributed by atoms with Gasteiger partial charge in [0.25, 0.3) is 5.91 Å². The van der Waals surface area contributed by atoms with Crippen LogP contribution in [0.5, 0.6) is 5.75 Å². The second kappa shape index (κ2) is 13.0. The van der Waals surface area contributed by atoms with Gasteiger partial charge in [0, 0.05) is 42.3 Å². The molecule has 0 unspecified atom stereocenters. The third-order valence-electron chi connectivity index (χ3n) is 6.55. The molecule has 4 rings (SSSR count). The molecule has 2 amide bonds. The molecule has 8 heteroatoms. The van der Waals surface area contributed by atoms with Crippen molar-refractivity contribution in [1.82, 2.24) is 14.8 Å². The summed E-state index contributed by atoms with van der Waals surface area (Å²) < 4.78 is 5.30. The molecule has 0 aliphatic carbocycles. The summed E-state index contributed by atoms with van der Waals surface area (Å²) in [6.45, 7) is 5.29. The fraction of sp³-hybridized carbons (Fsp3) is 0.290. The highest BCUT2D eigenvalue weighted by Gasteiger charge is 2.24. The average molecular weight is 567 g/mol. The first-order valence-corrected chi connectivity index (χ1v) is 13.7. The zero-order valence-electron chi connectivity index (χ0n) is 22.4. The lowest BCUT2D eigenvalue weighted by molar-refractivity contribution is -0.132. The lowest BCUT2D eigenvalue weighted by atomic mass is 10.1. The molecule has 1 aromatic heterocycles. The van der Waals surface area contributed by atoms with Gasteiger partial charge in [-0.3, -0.25) is 9.59 Å². The normalized spacial score (nSPS) is 11.1. The molecule has 1 N–H and O–H groups in total. The maximum atomic E-state index is 13.8. The van der Waals surface area contributed by atoms with Crippen molar-refractivity contribution in [3.8, 4) is 5.75 Å². The highest BCUT2D eigenvalue weighted by molar-refractivity contribution is 6.42. The summed E-state index contributed by atoms with van der Waals surface area (Å²) >= 11 is 12.4. The highest BCUT2D eigenvalue weighted by atomic mass is 35.5. The summed E-state index contributed by atoms with van der Waals surface area (Å²) in [6.07, 6.45) is 2.65. The van der Waals surface area contributed by atoms with Crippen LogP contribution >= 0.6 is 23.2 Å². The number of nitrogens with one attached hydrogen (secondary N) is 1. The monoisotopic (exact) mass is 565 g/mol. The fourth-order valence-electron chi connectivity index (χ4n) is 4.61. The number of hydrogen-bond donors (Lipinski definition) is 1. The first-order chi connectivity index (χ1) is 18.7. The van der Waals surface area contributed by atoms with Gasteiger partial charge >= 0.3 is 0 Å². The lowest BCUT2D eigenvalue weighted by Gasteiger charge is -2.29. The van der Waals surface area contributed by atoms with E-state index in [0.717, 1.165) is 22.0 Å². The molecule has 6 nitrogen and oxygen atoms in total. The maximum Gasteiger partial charge on any atom is 0.254 e. The van der Waals surface area contributed by atoms with Gasteiger partial charge in [0.2, 0.25) is 5.91 Å². The molecular weight excluding hydrogens is 533 g/mol. The van der Waals surface area contributed by atoms with Crippen LogP contribution in [0.3, 0.4) is 0 Å². The van der Waals surface area contributed by atoms with Crippen LogP contribution in [-0.4, -0.2) is 53.3 Å². The van der Waals surface area contributed by atoms with Crippen LogP contribution in [0.4, 0.5) is 0 Å². The van der Waals surface area contributed by atoms with Gasteiger partial charge in [-0.15, -0.1) is 0 Å². The number of benzene rings is 3. The van der Waals surface area contributed by atoms with E-state index in [0.29, 0.717) is 47.4 Å². The van der Waals surface area contributed by atoms with Gasteiger partial charge in [-0.05, 0) is 59.9 Å². The zero-order chi connectivity index (χ0) is 27.9. The molecule has 0 fully saturated rings. The Balaban J connectivity index is 1.57. The molecule has 0 aliphatic heterocycles. The van der Waals surface area contributed by atoms with Gasteiger partial charge in [-0.2, -0.15) is 0 Å². The Hall–Kier alpha value is -3.48. The Morgan fingerprint density at radius 1 is 0.949 bits per heavy atom. The number of methoxy groups -OCH3 is 1.